The van der Waals surface area contributed by atoms with Crippen LogP contribution in [0.4, 0.5) is 15.9 Å². The summed E-state index contributed by atoms with van der Waals surface area (Å²) >= 11 is 15.0. The van der Waals surface area contributed by atoms with Gasteiger partial charge in [0.15, 0.2) is 0 Å². The molecule has 0 saturated heterocycles. The molecule has 24 heavy (non-hydrogen) atoms. The van der Waals surface area contributed by atoms with Gasteiger partial charge in [0, 0.05) is 16.9 Å². The second kappa shape index (κ2) is 8.07. The van der Waals surface area contributed by atoms with E-state index in [-0.39, 0.29) is 5.82 Å². The van der Waals surface area contributed by atoms with Crippen LogP contribution >= 0.6 is 46.5 Å². The molecule has 0 amide bonds. The lowest BCUT2D eigenvalue weighted by Gasteiger charge is -2.12. The summed E-state index contributed by atoms with van der Waals surface area (Å²) in [5, 5.41) is 6.04. The Labute approximate surface area is 157 Å². The first kappa shape index (κ1) is 17.4. The third kappa shape index (κ3) is 4.33. The van der Waals surface area contributed by atoms with E-state index in [0.29, 0.717) is 33.0 Å². The maximum absolute atomic E-state index is 14.3. The summed E-state index contributed by atoms with van der Waals surface area (Å²) in [4.78, 5) is 4.48. The number of benzene rings is 2. The Morgan fingerprint density at radius 1 is 1.17 bits per heavy atom. The molecule has 0 radical (unpaired) electrons. The molecule has 0 spiro atoms. The van der Waals surface area contributed by atoms with Gasteiger partial charge in [-0.05, 0) is 35.7 Å². The van der Waals surface area contributed by atoms with Crippen LogP contribution in [0.15, 0.2) is 52.2 Å². The molecule has 0 aliphatic heterocycles. The summed E-state index contributed by atoms with van der Waals surface area (Å²) in [6.45, 7) is 0.461. The van der Waals surface area contributed by atoms with E-state index >= 15 is 0 Å². The fourth-order valence-corrected chi connectivity index (χ4v) is 3.66. The number of nitrogens with zero attached hydrogens (tertiary/aromatic N) is 1. The molecule has 0 fully saturated rings. The van der Waals surface area contributed by atoms with Crippen molar-refractivity contribution in [1.29, 1.82) is 0 Å². The van der Waals surface area contributed by atoms with Gasteiger partial charge >= 0.3 is 0 Å². The summed E-state index contributed by atoms with van der Waals surface area (Å²) in [6.07, 6.45) is 0. The maximum Gasteiger partial charge on any atom is 0.147 e. The van der Waals surface area contributed by atoms with Gasteiger partial charge in [0.2, 0.25) is 0 Å². The normalized spacial score (nSPS) is 10.6. The van der Waals surface area contributed by atoms with E-state index in [2.05, 4.69) is 15.0 Å². The molecule has 1 aromatic heterocycles. The second-order valence-electron chi connectivity index (χ2n) is 4.79. The Morgan fingerprint density at radius 2 is 2.00 bits per heavy atom. The molecule has 3 nitrogen and oxygen atoms in total. The minimum absolute atomic E-state index is 0.367. The van der Waals surface area contributed by atoms with Gasteiger partial charge in [-0.2, -0.15) is 0 Å². The smallest absolute Gasteiger partial charge is 0.147 e. The van der Waals surface area contributed by atoms with Crippen LogP contribution in [0.2, 0.25) is 10.0 Å². The molecule has 0 aliphatic carbocycles. The molecule has 124 valence electrons. The molecule has 0 bridgehead atoms. The van der Waals surface area contributed by atoms with Crippen molar-refractivity contribution in [3.05, 3.63) is 68.7 Å². The molecule has 1 heterocycles. The minimum Gasteiger partial charge on any atom is -0.380 e. The first-order chi connectivity index (χ1) is 11.6. The second-order valence-corrected chi connectivity index (χ2v) is 7.17. The van der Waals surface area contributed by atoms with Crippen molar-refractivity contribution in [3.63, 3.8) is 0 Å². The highest BCUT2D eigenvalue weighted by Gasteiger charge is 2.10. The van der Waals surface area contributed by atoms with Crippen LogP contribution in [-0.2, 0) is 6.54 Å². The summed E-state index contributed by atoms with van der Waals surface area (Å²) in [6, 6.07) is 10.4. The van der Waals surface area contributed by atoms with Crippen LogP contribution < -0.4 is 10.0 Å². The first-order valence-electron chi connectivity index (χ1n) is 6.91. The lowest BCUT2D eigenvalue weighted by molar-refractivity contribution is 0.602. The number of hydrogen-bond acceptors (Lipinski definition) is 5. The highest BCUT2D eigenvalue weighted by atomic mass is 35.5. The Morgan fingerprint density at radius 3 is 2.75 bits per heavy atom. The van der Waals surface area contributed by atoms with Crippen LogP contribution in [0.5, 0.6) is 0 Å². The Balaban J connectivity index is 1.69. The molecule has 3 rings (SSSR count). The SMILES string of the molecule is Fc1cc(NCc2ccccc2Cl)c(Cl)cc1SNc1cscn1. The fourth-order valence-electron chi connectivity index (χ4n) is 1.94. The average Bonchev–Trinajstić information content (AvgIpc) is 3.09. The van der Waals surface area contributed by atoms with Crippen molar-refractivity contribution in [3.8, 4) is 0 Å². The van der Waals surface area contributed by atoms with Crippen molar-refractivity contribution < 1.29 is 4.39 Å². The summed E-state index contributed by atoms with van der Waals surface area (Å²) in [7, 11) is 0. The zero-order valence-corrected chi connectivity index (χ0v) is 15.4. The van der Waals surface area contributed by atoms with Gasteiger partial charge in [-0.25, -0.2) is 9.37 Å². The Hall–Kier alpha value is -1.47. The van der Waals surface area contributed by atoms with Crippen molar-refractivity contribution >= 4 is 58.0 Å². The highest BCUT2D eigenvalue weighted by molar-refractivity contribution is 8.00. The molecule has 2 aromatic carbocycles. The van der Waals surface area contributed by atoms with E-state index in [1.54, 1.807) is 11.6 Å². The predicted octanol–water partition coefficient (Wildman–Crippen LogP) is 6.32. The number of halogens is 3. The van der Waals surface area contributed by atoms with Gasteiger partial charge in [-0.1, -0.05) is 41.4 Å². The third-order valence-electron chi connectivity index (χ3n) is 3.15. The standard InChI is InChI=1S/C16H12Cl2FN3S2/c17-11-4-2-1-3-10(11)7-20-14-6-13(19)15(5-12(14)18)24-22-16-8-23-9-21-16/h1-6,8-9,20,22H,7H2. The van der Waals surface area contributed by atoms with Crippen molar-refractivity contribution in [2.24, 2.45) is 0 Å². The van der Waals surface area contributed by atoms with E-state index in [4.69, 9.17) is 23.2 Å². The molecule has 0 unspecified atom stereocenters. The zero-order chi connectivity index (χ0) is 16.9. The van der Waals surface area contributed by atoms with Gasteiger partial charge in [-0.3, -0.25) is 0 Å². The van der Waals surface area contributed by atoms with E-state index in [0.717, 1.165) is 17.5 Å². The van der Waals surface area contributed by atoms with Gasteiger partial charge in [-0.15, -0.1) is 11.3 Å². The molecule has 0 aliphatic rings. The molecular formula is C16H12Cl2FN3S2. The lowest BCUT2D eigenvalue weighted by atomic mass is 10.2. The summed E-state index contributed by atoms with van der Waals surface area (Å²) < 4.78 is 17.2. The topological polar surface area (TPSA) is 37.0 Å². The van der Waals surface area contributed by atoms with Gasteiger partial charge in [0.1, 0.15) is 11.6 Å². The van der Waals surface area contributed by atoms with Crippen molar-refractivity contribution in [1.82, 2.24) is 4.98 Å². The third-order valence-corrected chi connectivity index (χ3v) is 5.26. The maximum atomic E-state index is 14.3. The molecule has 0 atom stereocenters. The molecule has 3 aromatic rings. The van der Waals surface area contributed by atoms with Crippen LogP contribution in [0, 0.1) is 5.82 Å². The van der Waals surface area contributed by atoms with Crippen molar-refractivity contribution in [2.75, 3.05) is 10.0 Å². The number of nitrogens with one attached hydrogen (secondary N) is 2. The van der Waals surface area contributed by atoms with Crippen LogP contribution in [0.1, 0.15) is 5.56 Å². The van der Waals surface area contributed by atoms with Crippen LogP contribution in [0.3, 0.4) is 0 Å². The first-order valence-corrected chi connectivity index (χ1v) is 9.42. The van der Waals surface area contributed by atoms with E-state index in [1.165, 1.54) is 17.4 Å². The number of hydrogen-bond donors (Lipinski definition) is 2. The minimum atomic E-state index is -0.367. The highest BCUT2D eigenvalue weighted by Crippen LogP contribution is 2.32. The predicted molar refractivity (Wildman–Crippen MR) is 102 cm³/mol. The monoisotopic (exact) mass is 399 g/mol. The van der Waals surface area contributed by atoms with Crippen LogP contribution in [-0.4, -0.2) is 4.98 Å². The van der Waals surface area contributed by atoms with E-state index < -0.39 is 0 Å². The molecule has 0 saturated carbocycles. The largest absolute Gasteiger partial charge is 0.380 e. The zero-order valence-electron chi connectivity index (χ0n) is 12.2. The summed E-state index contributed by atoms with van der Waals surface area (Å²) in [5.74, 6) is 0.315. The molecular weight excluding hydrogens is 388 g/mol. The number of anilines is 2. The number of thiazole rings is 1. The quantitative estimate of drug-likeness (QED) is 0.475. The van der Waals surface area contributed by atoms with E-state index in [1.807, 2.05) is 29.6 Å². The average molecular weight is 400 g/mol. The lowest BCUT2D eigenvalue weighted by Crippen LogP contribution is -2.02. The van der Waals surface area contributed by atoms with Gasteiger partial charge in [0.05, 0.1) is 21.1 Å². The Kier molecular flexibility index (Phi) is 5.84. The molecule has 8 heteroatoms. The number of rotatable bonds is 6. The summed E-state index contributed by atoms with van der Waals surface area (Å²) in [5.41, 5.74) is 3.14. The van der Waals surface area contributed by atoms with E-state index in [9.17, 15) is 4.39 Å². The van der Waals surface area contributed by atoms with Gasteiger partial charge in [0.25, 0.3) is 0 Å². The fraction of sp³-hybridized carbons (Fsp3) is 0.0625. The van der Waals surface area contributed by atoms with Crippen LogP contribution in [0.25, 0.3) is 0 Å². The number of aromatic nitrogens is 1. The Bertz CT molecular complexity index is 828. The van der Waals surface area contributed by atoms with Crippen molar-refractivity contribution in [2.45, 2.75) is 11.4 Å². The van der Waals surface area contributed by atoms with Gasteiger partial charge < -0.3 is 10.0 Å². The molecule has 2 N–H and O–H groups in total.